The lowest BCUT2D eigenvalue weighted by atomic mass is 9.68. The van der Waals surface area contributed by atoms with Crippen molar-refractivity contribution in [3.8, 4) is 39.1 Å². The molecule has 4 nitrogen and oxygen atoms in total. The monoisotopic (exact) mass is 1870 g/mol. The number of para-hydroxylation sites is 2. The molecule has 6 fully saturated rings. The van der Waals surface area contributed by atoms with E-state index >= 15 is 0 Å². The van der Waals surface area contributed by atoms with Crippen LogP contribution in [0.4, 0.5) is 51.2 Å². The number of nitrogens with zero attached hydrogens (tertiary/aromatic N) is 4. The van der Waals surface area contributed by atoms with Crippen molar-refractivity contribution >= 4 is 73.0 Å². The van der Waals surface area contributed by atoms with Crippen LogP contribution in [0.2, 0.25) is 0 Å². The Bertz CT molecular complexity index is 7020. The van der Waals surface area contributed by atoms with Gasteiger partial charge in [-0.2, -0.15) is 0 Å². The molecule has 6 saturated carbocycles. The van der Waals surface area contributed by atoms with Gasteiger partial charge in [0, 0.05) is 67.4 Å². The van der Waals surface area contributed by atoms with E-state index in [2.05, 4.69) is 432 Å². The third-order valence-electron chi connectivity index (χ3n) is 35.2. The van der Waals surface area contributed by atoms with Gasteiger partial charge in [0.1, 0.15) is 0 Å². The summed E-state index contributed by atoms with van der Waals surface area (Å²) in [6, 6.07) is 157. The van der Waals surface area contributed by atoms with Crippen LogP contribution in [0, 0.1) is 0 Å². The Morgan fingerprint density at radius 1 is 0.181 bits per heavy atom. The predicted octanol–water partition coefficient (Wildman–Crippen LogP) is 39.6. The average molecular weight is 1870 g/mol. The van der Waals surface area contributed by atoms with Crippen molar-refractivity contribution in [2.45, 2.75) is 239 Å². The topological polar surface area (TPSA) is 14.7 Å². The molecule has 0 aliphatic heterocycles. The number of aromatic nitrogens is 1. The van der Waals surface area contributed by atoms with Gasteiger partial charge in [-0.1, -0.05) is 413 Å². The standard InChI is InChI=1S/C49H45N.C49H47N.C42H42N2/c1-3-14-34(15-4-1)36-26-30-38(31-27-36)50(39-32-28-37(29-33-39)35-16-5-2-6-17-35)47-25-13-24-46-48(47)42-20-9-12-23-45(42)49(46)43-21-10-7-18-40(43)41-19-8-11-22-44(41)49;1-5-16-36(17-6-1)38-28-32-42(33-29-38)50(43-34-30-39(31-35-43)37-18-7-2-8-19-37)47-27-15-26-46-48(47)44-24-13-14-25-45(44)49(46,40-20-9-3-10-21-40)41-22-11-4-12-23-41;1-4-12-31(13-5-1)33-20-24-36(25-21-33)43(37-26-22-34(23-27-37)32-14-6-2-7-15-32)38-28-29-40-39-18-10-11-19-41(39)44(42(40)30-38)35-16-8-3-9-17-35/h7-13,18-35H,1-6,14-17H2;3-4,9-15,20-37H,1-2,5-8,16-19H2;3,8-11,16-32H,1-2,4-7,12-15H2. The Balaban J connectivity index is 0.000000113. The van der Waals surface area contributed by atoms with Gasteiger partial charge in [0.25, 0.3) is 0 Å². The van der Waals surface area contributed by atoms with Crippen LogP contribution in [0.3, 0.4) is 0 Å². The molecule has 4 heteroatoms. The second-order valence-corrected chi connectivity index (χ2v) is 43.3. The molecule has 9 aliphatic rings. The van der Waals surface area contributed by atoms with E-state index in [-0.39, 0.29) is 5.41 Å². The predicted molar refractivity (Wildman–Crippen MR) is 606 cm³/mol. The van der Waals surface area contributed by atoms with Gasteiger partial charge in [0.05, 0.1) is 33.2 Å². The van der Waals surface area contributed by atoms with Gasteiger partial charge in [-0.3, -0.25) is 0 Å². The van der Waals surface area contributed by atoms with E-state index in [0.717, 1.165) is 0 Å². The molecule has 0 amide bonds. The van der Waals surface area contributed by atoms with Crippen LogP contribution in [0.1, 0.15) is 306 Å². The smallest absolute Gasteiger partial charge is 0.0726 e. The van der Waals surface area contributed by atoms with Crippen molar-refractivity contribution < 1.29 is 0 Å². The van der Waals surface area contributed by atoms with Crippen molar-refractivity contribution in [3.63, 3.8) is 0 Å². The van der Waals surface area contributed by atoms with E-state index in [1.54, 1.807) is 0 Å². The van der Waals surface area contributed by atoms with Gasteiger partial charge in [0.2, 0.25) is 0 Å². The van der Waals surface area contributed by atoms with Crippen LogP contribution in [0.15, 0.2) is 413 Å². The SMILES string of the molecule is c1ccc(-n2c3ccccc3c3ccc(N(c4ccc(C5CCCCC5)cc4)c4ccc(C5CCCCC5)cc4)cc32)cc1.c1ccc(C2(c3ccccc3)c3ccccc3-c3c(N(c4ccc(C5CCCCC5)cc4)c4ccc(C5CCCCC5)cc4)cccc32)cc1.c1ccc2c(c1)-c1ccccc1C21c2ccccc2-c2c(N(c3ccc(C4CCCCC4)cc3)c3ccc(C4CCCCC4)cc3)cccc21. The molecule has 1 spiro atoms. The Hall–Kier alpha value is -14.1. The molecule has 1 aromatic heterocycles. The molecule has 714 valence electrons. The van der Waals surface area contributed by atoms with E-state index in [1.807, 2.05) is 0 Å². The molecule has 18 aromatic rings. The molecule has 0 unspecified atom stereocenters. The number of hydrogen-bond donors (Lipinski definition) is 0. The normalized spacial score (nSPS) is 17.1. The fraction of sp³-hybridized carbons (Fsp3) is 0.271. The average Bonchev–Trinajstić information content (AvgIpc) is 1.50. The van der Waals surface area contributed by atoms with E-state index in [1.165, 1.54) is 383 Å². The number of hydrogen-bond acceptors (Lipinski definition) is 3. The lowest BCUT2D eigenvalue weighted by molar-refractivity contribution is 0.443. The second kappa shape index (κ2) is 40.6. The van der Waals surface area contributed by atoms with E-state index in [4.69, 9.17) is 0 Å². The van der Waals surface area contributed by atoms with E-state index < -0.39 is 5.41 Å². The summed E-state index contributed by atoms with van der Waals surface area (Å²) in [5, 5.41) is 2.58. The van der Waals surface area contributed by atoms with Crippen LogP contribution in [-0.4, -0.2) is 4.57 Å². The zero-order chi connectivity index (χ0) is 95.7. The van der Waals surface area contributed by atoms with Crippen molar-refractivity contribution in [1.29, 1.82) is 0 Å². The maximum Gasteiger partial charge on any atom is 0.0726 e. The first kappa shape index (κ1) is 91.2. The summed E-state index contributed by atoms with van der Waals surface area (Å²) in [7, 11) is 0. The molecule has 1 heterocycles. The molecule has 17 aromatic carbocycles. The van der Waals surface area contributed by atoms with Gasteiger partial charge < -0.3 is 19.3 Å². The van der Waals surface area contributed by atoms with Crippen molar-refractivity contribution in [1.82, 2.24) is 4.57 Å². The lowest BCUT2D eigenvalue weighted by Crippen LogP contribution is -2.28. The quantitative estimate of drug-likeness (QED) is 0.0851. The summed E-state index contributed by atoms with van der Waals surface area (Å²) < 4.78 is 2.42. The summed E-state index contributed by atoms with van der Waals surface area (Å²) >= 11 is 0. The minimum atomic E-state index is -0.425. The maximum absolute atomic E-state index is 2.55. The summed E-state index contributed by atoms with van der Waals surface area (Å²) in [6.45, 7) is 0. The molecule has 0 radical (unpaired) electrons. The maximum atomic E-state index is 2.55. The summed E-state index contributed by atoms with van der Waals surface area (Å²) in [6.07, 6.45) is 40.4. The lowest BCUT2D eigenvalue weighted by Gasteiger charge is -2.34. The van der Waals surface area contributed by atoms with Crippen LogP contribution in [-0.2, 0) is 10.8 Å². The van der Waals surface area contributed by atoms with Gasteiger partial charge in [-0.25, -0.2) is 0 Å². The molecule has 0 N–H and O–H groups in total. The van der Waals surface area contributed by atoms with Crippen LogP contribution >= 0.6 is 0 Å². The van der Waals surface area contributed by atoms with Crippen molar-refractivity contribution in [3.05, 3.63) is 490 Å². The third kappa shape index (κ3) is 16.8. The minimum Gasteiger partial charge on any atom is -0.310 e. The molecule has 0 bridgehead atoms. The number of rotatable bonds is 18. The molecule has 144 heavy (non-hydrogen) atoms. The summed E-state index contributed by atoms with van der Waals surface area (Å²) in [4.78, 5) is 7.55. The highest BCUT2D eigenvalue weighted by Crippen LogP contribution is 2.66. The molecule has 9 aliphatic carbocycles. The Morgan fingerprint density at radius 2 is 0.438 bits per heavy atom. The molecular weight excluding hydrogens is 1740 g/mol. The molecular formula is C140H134N4. The first-order chi connectivity index (χ1) is 71.5. The van der Waals surface area contributed by atoms with Gasteiger partial charge in [-0.05, 0) is 328 Å². The highest BCUT2D eigenvalue weighted by atomic mass is 15.2. The zero-order valence-electron chi connectivity index (χ0n) is 83.7. The first-order valence-corrected chi connectivity index (χ1v) is 55.3. The number of anilines is 9. The fourth-order valence-corrected chi connectivity index (χ4v) is 28.2. The minimum absolute atomic E-state index is 0.351. The fourth-order valence-electron chi connectivity index (χ4n) is 28.2. The van der Waals surface area contributed by atoms with Gasteiger partial charge in [0.15, 0.2) is 0 Å². The van der Waals surface area contributed by atoms with Crippen LogP contribution in [0.25, 0.3) is 60.9 Å². The van der Waals surface area contributed by atoms with Gasteiger partial charge in [-0.15, -0.1) is 0 Å². The second-order valence-electron chi connectivity index (χ2n) is 43.3. The van der Waals surface area contributed by atoms with Crippen molar-refractivity contribution in [2.75, 3.05) is 14.7 Å². The van der Waals surface area contributed by atoms with Crippen LogP contribution < -0.4 is 14.7 Å². The summed E-state index contributed by atoms with van der Waals surface area (Å²) in [5.74, 6) is 4.17. The zero-order valence-corrected chi connectivity index (χ0v) is 83.7. The number of benzene rings is 17. The number of fused-ring (bicyclic) bond motifs is 16. The van der Waals surface area contributed by atoms with Crippen molar-refractivity contribution in [2.24, 2.45) is 0 Å². The first-order valence-electron chi connectivity index (χ1n) is 55.3. The highest BCUT2D eigenvalue weighted by molar-refractivity contribution is 6.11. The Kier molecular flexibility index (Phi) is 25.7. The van der Waals surface area contributed by atoms with Crippen LogP contribution in [0.5, 0.6) is 0 Å². The Morgan fingerprint density at radius 3 is 0.785 bits per heavy atom. The molecule has 0 saturated heterocycles. The molecule has 0 atom stereocenters. The van der Waals surface area contributed by atoms with Gasteiger partial charge >= 0.3 is 0 Å². The van der Waals surface area contributed by atoms with E-state index in [0.29, 0.717) is 35.5 Å². The third-order valence-corrected chi connectivity index (χ3v) is 35.2. The van der Waals surface area contributed by atoms with E-state index in [9.17, 15) is 0 Å². The highest BCUT2D eigenvalue weighted by Gasteiger charge is 2.53. The largest absolute Gasteiger partial charge is 0.310 e. The molecule has 27 rings (SSSR count). The Labute approximate surface area is 854 Å². The summed E-state index contributed by atoms with van der Waals surface area (Å²) in [5.41, 5.74) is 41.8.